The maximum absolute atomic E-state index is 12.9. The molecule has 154 valence electrons. The Morgan fingerprint density at radius 1 is 1.07 bits per heavy atom. The summed E-state index contributed by atoms with van der Waals surface area (Å²) >= 11 is 0. The van der Waals surface area contributed by atoms with Gasteiger partial charge in [0.25, 0.3) is 0 Å². The molecule has 0 spiro atoms. The highest BCUT2D eigenvalue weighted by Crippen LogP contribution is 2.26. The van der Waals surface area contributed by atoms with E-state index < -0.39 is 0 Å². The van der Waals surface area contributed by atoms with Crippen LogP contribution in [0.1, 0.15) is 50.2 Å². The van der Waals surface area contributed by atoms with E-state index in [1.807, 2.05) is 35.9 Å². The number of likely N-dealkylation sites (N-methyl/N-ethyl adjacent to an activating group) is 1. The molecule has 1 aliphatic carbocycles. The van der Waals surface area contributed by atoms with E-state index in [0.29, 0.717) is 12.5 Å². The summed E-state index contributed by atoms with van der Waals surface area (Å²) in [4.78, 5) is 31.7. The Kier molecular flexibility index (Phi) is 7.11. The van der Waals surface area contributed by atoms with Gasteiger partial charge in [-0.2, -0.15) is 0 Å². The van der Waals surface area contributed by atoms with Gasteiger partial charge in [0.2, 0.25) is 11.8 Å². The first-order chi connectivity index (χ1) is 13.5. The van der Waals surface area contributed by atoms with Crippen LogP contribution in [0, 0.1) is 12.8 Å². The Balaban J connectivity index is 1.49. The van der Waals surface area contributed by atoms with Crippen LogP contribution < -0.4 is 0 Å². The van der Waals surface area contributed by atoms with Crippen molar-refractivity contribution in [3.63, 3.8) is 0 Å². The van der Waals surface area contributed by atoms with Crippen molar-refractivity contribution in [3.05, 3.63) is 35.4 Å². The van der Waals surface area contributed by atoms with Gasteiger partial charge < -0.3 is 9.80 Å². The van der Waals surface area contributed by atoms with Crippen LogP contribution in [0.3, 0.4) is 0 Å². The largest absolute Gasteiger partial charge is 0.340 e. The first-order valence-electron chi connectivity index (χ1n) is 10.8. The molecular formula is C23H35N3O2. The van der Waals surface area contributed by atoms with Gasteiger partial charge in [0.1, 0.15) is 0 Å². The van der Waals surface area contributed by atoms with Crippen molar-refractivity contribution in [1.82, 2.24) is 14.7 Å². The molecule has 1 atom stereocenters. The number of piperazine rings is 1. The van der Waals surface area contributed by atoms with E-state index in [9.17, 15) is 9.59 Å². The van der Waals surface area contributed by atoms with Crippen LogP contribution in [0.5, 0.6) is 0 Å². The number of amides is 2. The number of carbonyl (C=O) groups is 2. The minimum Gasteiger partial charge on any atom is -0.340 e. The molecule has 1 unspecified atom stereocenters. The number of hydrogen-bond donors (Lipinski definition) is 0. The highest BCUT2D eigenvalue weighted by molar-refractivity contribution is 5.81. The van der Waals surface area contributed by atoms with Crippen molar-refractivity contribution in [1.29, 1.82) is 0 Å². The summed E-state index contributed by atoms with van der Waals surface area (Å²) in [5.41, 5.74) is 2.40. The number of hydrogen-bond acceptors (Lipinski definition) is 3. The predicted octanol–water partition coefficient (Wildman–Crippen LogP) is 3.07. The van der Waals surface area contributed by atoms with Crippen molar-refractivity contribution in [3.8, 4) is 0 Å². The van der Waals surface area contributed by atoms with Gasteiger partial charge in [0.15, 0.2) is 0 Å². The molecule has 2 fully saturated rings. The van der Waals surface area contributed by atoms with E-state index >= 15 is 0 Å². The number of nitrogens with zero attached hydrogens (tertiary/aromatic N) is 3. The molecule has 1 heterocycles. The standard InChI is InChI=1S/C23H35N3O2/c1-18-9-7-8-12-21(18)17-24(3)22(27)19(2)25-13-15-26(16-14-25)23(28)20-10-5-4-6-11-20/h7-9,12,19-20H,4-6,10-11,13-17H2,1-3H3. The average Bonchev–Trinajstić information content (AvgIpc) is 2.74. The van der Waals surface area contributed by atoms with Gasteiger partial charge in [-0.05, 0) is 37.8 Å². The molecule has 1 aromatic carbocycles. The summed E-state index contributed by atoms with van der Waals surface area (Å²) in [6.07, 6.45) is 5.76. The predicted molar refractivity (Wildman–Crippen MR) is 112 cm³/mol. The third-order valence-electron chi connectivity index (χ3n) is 6.53. The fourth-order valence-electron chi connectivity index (χ4n) is 4.53. The van der Waals surface area contributed by atoms with Gasteiger partial charge in [-0.1, -0.05) is 43.5 Å². The fraction of sp³-hybridized carbons (Fsp3) is 0.652. The van der Waals surface area contributed by atoms with Crippen molar-refractivity contribution < 1.29 is 9.59 Å². The van der Waals surface area contributed by atoms with E-state index in [1.165, 1.54) is 30.4 Å². The molecule has 2 amide bonds. The SMILES string of the molecule is Cc1ccccc1CN(C)C(=O)C(C)N1CCN(C(=O)C2CCCCC2)CC1. The first-order valence-corrected chi connectivity index (χ1v) is 10.8. The summed E-state index contributed by atoms with van der Waals surface area (Å²) < 4.78 is 0. The lowest BCUT2D eigenvalue weighted by atomic mass is 9.88. The summed E-state index contributed by atoms with van der Waals surface area (Å²) in [6, 6.07) is 8.06. The molecule has 0 N–H and O–H groups in total. The molecule has 0 radical (unpaired) electrons. The van der Waals surface area contributed by atoms with Crippen LogP contribution in [0.4, 0.5) is 0 Å². The Morgan fingerprint density at radius 2 is 1.71 bits per heavy atom. The van der Waals surface area contributed by atoms with Gasteiger partial charge in [-0.25, -0.2) is 0 Å². The number of rotatable bonds is 5. The fourth-order valence-corrected chi connectivity index (χ4v) is 4.53. The van der Waals surface area contributed by atoms with Crippen LogP contribution in [0.25, 0.3) is 0 Å². The van der Waals surface area contributed by atoms with E-state index in [1.54, 1.807) is 0 Å². The van der Waals surface area contributed by atoms with Crippen LogP contribution in [-0.4, -0.2) is 65.8 Å². The molecule has 0 aromatic heterocycles. The van der Waals surface area contributed by atoms with Crippen molar-refractivity contribution in [2.24, 2.45) is 5.92 Å². The van der Waals surface area contributed by atoms with E-state index in [0.717, 1.165) is 39.0 Å². The van der Waals surface area contributed by atoms with Gasteiger partial charge in [-0.15, -0.1) is 0 Å². The molecule has 1 saturated carbocycles. The Morgan fingerprint density at radius 3 is 2.36 bits per heavy atom. The molecule has 1 aliphatic heterocycles. The molecular weight excluding hydrogens is 350 g/mol. The summed E-state index contributed by atoms with van der Waals surface area (Å²) in [7, 11) is 1.88. The highest BCUT2D eigenvalue weighted by Gasteiger charge is 2.32. The van der Waals surface area contributed by atoms with Crippen LogP contribution in [0.15, 0.2) is 24.3 Å². The normalized spacial score (nSPS) is 20.0. The monoisotopic (exact) mass is 385 g/mol. The average molecular weight is 386 g/mol. The lowest BCUT2D eigenvalue weighted by Crippen LogP contribution is -2.55. The summed E-state index contributed by atoms with van der Waals surface area (Å²) in [5.74, 6) is 0.727. The maximum Gasteiger partial charge on any atom is 0.239 e. The van der Waals surface area contributed by atoms with Crippen molar-refractivity contribution in [2.75, 3.05) is 33.2 Å². The maximum atomic E-state index is 12.9. The second-order valence-corrected chi connectivity index (χ2v) is 8.49. The molecule has 5 heteroatoms. The van der Waals surface area contributed by atoms with Crippen LogP contribution in [-0.2, 0) is 16.1 Å². The minimum absolute atomic E-state index is 0.148. The highest BCUT2D eigenvalue weighted by atomic mass is 16.2. The molecule has 1 saturated heterocycles. The Hall–Kier alpha value is -1.88. The molecule has 1 aromatic rings. The van der Waals surface area contributed by atoms with E-state index in [2.05, 4.69) is 24.0 Å². The number of aryl methyl sites for hydroxylation is 1. The lowest BCUT2D eigenvalue weighted by Gasteiger charge is -2.40. The lowest BCUT2D eigenvalue weighted by molar-refractivity contribution is -0.140. The second-order valence-electron chi connectivity index (χ2n) is 8.49. The van der Waals surface area contributed by atoms with Gasteiger partial charge in [-0.3, -0.25) is 14.5 Å². The zero-order valence-electron chi connectivity index (χ0n) is 17.7. The molecule has 5 nitrogen and oxygen atoms in total. The molecule has 3 rings (SSSR count). The van der Waals surface area contributed by atoms with Crippen LogP contribution in [0.2, 0.25) is 0 Å². The molecule has 0 bridgehead atoms. The Labute approximate surface area is 169 Å². The van der Waals surface area contributed by atoms with Crippen molar-refractivity contribution in [2.45, 2.75) is 58.5 Å². The zero-order chi connectivity index (χ0) is 20.1. The molecule has 2 aliphatic rings. The quantitative estimate of drug-likeness (QED) is 0.782. The minimum atomic E-state index is -0.152. The third-order valence-corrected chi connectivity index (χ3v) is 6.53. The topological polar surface area (TPSA) is 43.9 Å². The van der Waals surface area contributed by atoms with E-state index in [4.69, 9.17) is 0 Å². The number of carbonyl (C=O) groups excluding carboxylic acids is 2. The van der Waals surface area contributed by atoms with E-state index in [-0.39, 0.29) is 17.9 Å². The summed E-state index contributed by atoms with van der Waals surface area (Å²) in [5, 5.41) is 0. The second kappa shape index (κ2) is 9.55. The number of benzene rings is 1. The van der Waals surface area contributed by atoms with Crippen LogP contribution >= 0.6 is 0 Å². The summed E-state index contributed by atoms with van der Waals surface area (Å²) in [6.45, 7) is 7.76. The molecule has 28 heavy (non-hydrogen) atoms. The Bertz CT molecular complexity index is 676. The van der Waals surface area contributed by atoms with Gasteiger partial charge >= 0.3 is 0 Å². The first kappa shape index (κ1) is 20.8. The van der Waals surface area contributed by atoms with Crippen molar-refractivity contribution >= 4 is 11.8 Å². The van der Waals surface area contributed by atoms with Gasteiger partial charge in [0.05, 0.1) is 6.04 Å². The van der Waals surface area contributed by atoms with Gasteiger partial charge in [0, 0.05) is 45.7 Å². The third kappa shape index (κ3) is 4.93. The zero-order valence-corrected chi connectivity index (χ0v) is 17.7. The smallest absolute Gasteiger partial charge is 0.239 e.